The molecule has 2 aromatic rings. The van der Waals surface area contributed by atoms with Gasteiger partial charge in [0.2, 0.25) is 5.82 Å². The first kappa shape index (κ1) is 14.6. The van der Waals surface area contributed by atoms with E-state index >= 15 is 0 Å². The zero-order valence-electron chi connectivity index (χ0n) is 12.0. The number of rotatable bonds is 8. The second-order valence-corrected chi connectivity index (χ2v) is 4.70. The first-order valence-corrected chi connectivity index (χ1v) is 6.86. The molecule has 0 fully saturated rings. The molecule has 6 nitrogen and oxygen atoms in total. The third-order valence-corrected chi connectivity index (χ3v) is 3.00. The van der Waals surface area contributed by atoms with Crippen molar-refractivity contribution in [1.82, 2.24) is 25.5 Å². The summed E-state index contributed by atoms with van der Waals surface area (Å²) in [6, 6.07) is 10.0. The molecule has 1 aromatic carbocycles. The Balaban J connectivity index is 1.85. The van der Waals surface area contributed by atoms with Crippen molar-refractivity contribution in [2.75, 3.05) is 26.8 Å². The van der Waals surface area contributed by atoms with E-state index in [9.17, 15) is 0 Å². The first-order chi connectivity index (χ1) is 9.81. The van der Waals surface area contributed by atoms with Gasteiger partial charge in [-0.15, -0.1) is 10.2 Å². The molecule has 0 aliphatic rings. The molecule has 108 valence electrons. The van der Waals surface area contributed by atoms with Crippen LogP contribution >= 0.6 is 0 Å². The number of nitrogens with zero attached hydrogens (tertiary/aromatic N) is 4. The monoisotopic (exact) mass is 275 g/mol. The number of hydrogen-bond donors (Lipinski definition) is 1. The molecule has 1 heterocycles. The van der Waals surface area contributed by atoms with Crippen LogP contribution in [-0.2, 0) is 4.74 Å². The minimum atomic E-state index is 0.169. The summed E-state index contributed by atoms with van der Waals surface area (Å²) in [5, 5.41) is 16.0. The molecule has 6 heteroatoms. The molecule has 20 heavy (non-hydrogen) atoms. The third kappa shape index (κ3) is 4.11. The molecule has 0 bridgehead atoms. The molecule has 0 aliphatic carbocycles. The van der Waals surface area contributed by atoms with Gasteiger partial charge >= 0.3 is 0 Å². The highest BCUT2D eigenvalue weighted by Gasteiger charge is 2.10. The van der Waals surface area contributed by atoms with Crippen LogP contribution in [0.4, 0.5) is 0 Å². The van der Waals surface area contributed by atoms with Gasteiger partial charge in [-0.05, 0) is 25.1 Å². The molecule has 0 radical (unpaired) electrons. The van der Waals surface area contributed by atoms with Crippen LogP contribution in [-0.4, -0.2) is 47.0 Å². The van der Waals surface area contributed by atoms with Crippen molar-refractivity contribution in [2.45, 2.75) is 19.4 Å². The average Bonchev–Trinajstić information content (AvgIpc) is 2.98. The lowest BCUT2D eigenvalue weighted by molar-refractivity contribution is 0.193. The van der Waals surface area contributed by atoms with Gasteiger partial charge < -0.3 is 10.1 Å². The number of hydrogen-bond acceptors (Lipinski definition) is 5. The minimum Gasteiger partial charge on any atom is -0.385 e. The van der Waals surface area contributed by atoms with E-state index in [2.05, 4.69) is 27.7 Å². The van der Waals surface area contributed by atoms with Gasteiger partial charge in [-0.25, -0.2) is 0 Å². The lowest BCUT2D eigenvalue weighted by atomic mass is 10.2. The summed E-state index contributed by atoms with van der Waals surface area (Å²) in [6.45, 7) is 4.59. The van der Waals surface area contributed by atoms with Gasteiger partial charge in [-0.2, -0.15) is 4.80 Å². The molecule has 1 aromatic heterocycles. The summed E-state index contributed by atoms with van der Waals surface area (Å²) < 4.78 is 5.01. The van der Waals surface area contributed by atoms with Crippen molar-refractivity contribution in [1.29, 1.82) is 0 Å². The topological polar surface area (TPSA) is 64.9 Å². The first-order valence-electron chi connectivity index (χ1n) is 6.86. The fraction of sp³-hybridized carbons (Fsp3) is 0.500. The zero-order chi connectivity index (χ0) is 14.2. The van der Waals surface area contributed by atoms with Crippen LogP contribution < -0.4 is 5.32 Å². The van der Waals surface area contributed by atoms with Crippen LogP contribution in [0.1, 0.15) is 19.4 Å². The Labute approximate surface area is 119 Å². The van der Waals surface area contributed by atoms with E-state index in [4.69, 9.17) is 4.74 Å². The van der Waals surface area contributed by atoms with Gasteiger partial charge in [0.15, 0.2) is 0 Å². The van der Waals surface area contributed by atoms with Gasteiger partial charge in [0.05, 0.1) is 6.04 Å². The Morgan fingerprint density at radius 3 is 2.85 bits per heavy atom. The third-order valence-electron chi connectivity index (χ3n) is 3.00. The smallest absolute Gasteiger partial charge is 0.204 e. The fourth-order valence-electron chi connectivity index (χ4n) is 1.85. The van der Waals surface area contributed by atoms with Gasteiger partial charge in [0, 0.05) is 25.8 Å². The number of tetrazole rings is 1. The maximum Gasteiger partial charge on any atom is 0.204 e. The van der Waals surface area contributed by atoms with Crippen molar-refractivity contribution < 1.29 is 4.74 Å². The molecular weight excluding hydrogens is 254 g/mol. The summed E-state index contributed by atoms with van der Waals surface area (Å²) in [4.78, 5) is 1.66. The van der Waals surface area contributed by atoms with Gasteiger partial charge in [-0.1, -0.05) is 30.3 Å². The number of nitrogens with one attached hydrogen (secondary N) is 1. The van der Waals surface area contributed by atoms with Crippen LogP contribution in [0.25, 0.3) is 11.4 Å². The van der Waals surface area contributed by atoms with Crippen LogP contribution in [0.3, 0.4) is 0 Å². The largest absolute Gasteiger partial charge is 0.385 e. The predicted molar refractivity (Wildman–Crippen MR) is 77.3 cm³/mol. The second kappa shape index (κ2) is 7.72. The summed E-state index contributed by atoms with van der Waals surface area (Å²) in [7, 11) is 1.72. The summed E-state index contributed by atoms with van der Waals surface area (Å²) in [6.07, 6.45) is 1.00. The van der Waals surface area contributed by atoms with Crippen LogP contribution in [0, 0.1) is 0 Å². The molecule has 0 aliphatic heterocycles. The molecular formula is C14H21N5O. The van der Waals surface area contributed by atoms with E-state index < -0.39 is 0 Å². The van der Waals surface area contributed by atoms with Crippen molar-refractivity contribution in [2.24, 2.45) is 0 Å². The Morgan fingerprint density at radius 1 is 1.30 bits per heavy atom. The van der Waals surface area contributed by atoms with Gasteiger partial charge in [-0.3, -0.25) is 0 Å². The molecule has 0 spiro atoms. The normalized spacial score (nSPS) is 12.5. The summed E-state index contributed by atoms with van der Waals surface area (Å²) in [5.74, 6) is 0.664. The van der Waals surface area contributed by atoms with E-state index in [1.54, 1.807) is 11.9 Å². The van der Waals surface area contributed by atoms with E-state index in [0.717, 1.165) is 31.7 Å². The Hall–Kier alpha value is -1.79. The van der Waals surface area contributed by atoms with Crippen molar-refractivity contribution in [3.8, 4) is 11.4 Å². The molecule has 0 saturated heterocycles. The molecule has 1 unspecified atom stereocenters. The van der Waals surface area contributed by atoms with Crippen molar-refractivity contribution >= 4 is 0 Å². The van der Waals surface area contributed by atoms with E-state index in [-0.39, 0.29) is 6.04 Å². The highest BCUT2D eigenvalue weighted by Crippen LogP contribution is 2.13. The minimum absolute atomic E-state index is 0.169. The molecule has 0 saturated carbocycles. The summed E-state index contributed by atoms with van der Waals surface area (Å²) in [5.41, 5.74) is 0.985. The van der Waals surface area contributed by atoms with Gasteiger partial charge in [0.25, 0.3) is 0 Å². The Morgan fingerprint density at radius 2 is 2.10 bits per heavy atom. The number of benzene rings is 1. The number of aromatic nitrogens is 4. The Kier molecular flexibility index (Phi) is 5.64. The average molecular weight is 275 g/mol. The summed E-state index contributed by atoms with van der Waals surface area (Å²) >= 11 is 0. The maximum absolute atomic E-state index is 5.01. The maximum atomic E-state index is 5.01. The van der Waals surface area contributed by atoms with Crippen LogP contribution in [0.5, 0.6) is 0 Å². The lowest BCUT2D eigenvalue weighted by Gasteiger charge is -2.10. The van der Waals surface area contributed by atoms with Crippen LogP contribution in [0.2, 0.25) is 0 Å². The molecule has 1 atom stereocenters. The van der Waals surface area contributed by atoms with E-state index in [1.807, 2.05) is 30.3 Å². The van der Waals surface area contributed by atoms with E-state index in [0.29, 0.717) is 5.82 Å². The molecule has 0 amide bonds. The fourth-order valence-corrected chi connectivity index (χ4v) is 1.85. The molecule has 2 rings (SSSR count). The van der Waals surface area contributed by atoms with Crippen molar-refractivity contribution in [3.05, 3.63) is 30.3 Å². The quantitative estimate of drug-likeness (QED) is 0.740. The number of ether oxygens (including phenoxy) is 1. The van der Waals surface area contributed by atoms with Crippen molar-refractivity contribution in [3.63, 3.8) is 0 Å². The lowest BCUT2D eigenvalue weighted by Crippen LogP contribution is -2.26. The van der Waals surface area contributed by atoms with Gasteiger partial charge in [0.1, 0.15) is 0 Å². The zero-order valence-corrected chi connectivity index (χ0v) is 12.0. The highest BCUT2D eigenvalue weighted by atomic mass is 16.5. The SMILES string of the molecule is COCCCNCC(C)n1nnc(-c2ccccc2)n1. The highest BCUT2D eigenvalue weighted by molar-refractivity contribution is 5.52. The standard InChI is InChI=1S/C14H21N5O/c1-12(11-15-9-6-10-20-2)19-17-14(16-18-19)13-7-4-3-5-8-13/h3-5,7-8,12,15H,6,9-11H2,1-2H3. The number of methoxy groups -OCH3 is 1. The molecule has 1 N–H and O–H groups in total. The Bertz CT molecular complexity index is 499. The van der Waals surface area contributed by atoms with Crippen LogP contribution in [0.15, 0.2) is 30.3 Å². The van der Waals surface area contributed by atoms with E-state index in [1.165, 1.54) is 0 Å². The predicted octanol–water partition coefficient (Wildman–Crippen LogP) is 1.53. The second-order valence-electron chi connectivity index (χ2n) is 4.70.